The lowest BCUT2D eigenvalue weighted by atomic mass is 10.1. The fourth-order valence-electron chi connectivity index (χ4n) is 2.76. The summed E-state index contributed by atoms with van der Waals surface area (Å²) in [4.78, 5) is 14.5. The number of aryl methyl sites for hydroxylation is 2. The second-order valence-electron chi connectivity index (χ2n) is 5.45. The molecule has 118 valence electrons. The maximum atomic E-state index is 12.8. The lowest BCUT2D eigenvalue weighted by Gasteiger charge is -2.20. The van der Waals surface area contributed by atoms with Crippen LogP contribution in [0.3, 0.4) is 0 Å². The van der Waals surface area contributed by atoms with Gasteiger partial charge in [0.05, 0.1) is 24.0 Å². The Morgan fingerprint density at radius 2 is 2.14 bits per heavy atom. The molecular weight excluding hydrogens is 282 g/mol. The number of carbonyl (C=O) groups excluding carboxylic acids is 1. The van der Waals surface area contributed by atoms with Crippen molar-refractivity contribution in [3.63, 3.8) is 0 Å². The van der Waals surface area contributed by atoms with Crippen molar-refractivity contribution < 1.29 is 9.21 Å². The highest BCUT2D eigenvalue weighted by atomic mass is 16.4. The molecular formula is C15H21N5O2. The Balaban J connectivity index is 1.78. The first kappa shape index (κ1) is 14.7. The number of amides is 1. The highest BCUT2D eigenvalue weighted by Gasteiger charge is 2.24. The Morgan fingerprint density at radius 3 is 2.86 bits per heavy atom. The van der Waals surface area contributed by atoms with E-state index in [2.05, 4.69) is 15.3 Å². The molecule has 1 aliphatic rings. The molecule has 1 aliphatic heterocycles. The van der Waals surface area contributed by atoms with E-state index in [4.69, 9.17) is 4.42 Å². The van der Waals surface area contributed by atoms with Gasteiger partial charge >= 0.3 is 0 Å². The summed E-state index contributed by atoms with van der Waals surface area (Å²) in [7, 11) is 0. The summed E-state index contributed by atoms with van der Waals surface area (Å²) in [6.45, 7) is 5.74. The van der Waals surface area contributed by atoms with Crippen LogP contribution in [0.4, 0.5) is 0 Å². The van der Waals surface area contributed by atoms with Gasteiger partial charge in [-0.05, 0) is 26.2 Å². The van der Waals surface area contributed by atoms with Gasteiger partial charge in [0.15, 0.2) is 0 Å². The molecule has 0 aliphatic carbocycles. The molecule has 0 unspecified atom stereocenters. The van der Waals surface area contributed by atoms with Crippen LogP contribution in [0.15, 0.2) is 10.6 Å². The number of fused-ring (bicyclic) bond motifs is 1. The van der Waals surface area contributed by atoms with E-state index in [-0.39, 0.29) is 5.91 Å². The molecule has 0 saturated carbocycles. The van der Waals surface area contributed by atoms with Crippen LogP contribution < -0.4 is 0 Å². The molecule has 0 atom stereocenters. The second kappa shape index (κ2) is 6.29. The number of nitrogens with zero attached hydrogens (tertiary/aromatic N) is 5. The van der Waals surface area contributed by atoms with Crippen molar-refractivity contribution >= 4 is 5.91 Å². The molecule has 1 amide bonds. The summed E-state index contributed by atoms with van der Waals surface area (Å²) >= 11 is 0. The summed E-state index contributed by atoms with van der Waals surface area (Å²) in [5.74, 6) is 1.07. The molecule has 0 spiro atoms. The smallest absolute Gasteiger partial charge is 0.257 e. The Hall–Kier alpha value is -2.18. The van der Waals surface area contributed by atoms with E-state index in [0.29, 0.717) is 36.9 Å². The lowest BCUT2D eigenvalue weighted by molar-refractivity contribution is 0.0736. The molecule has 0 N–H and O–H groups in total. The van der Waals surface area contributed by atoms with Crippen LogP contribution in [0.5, 0.6) is 0 Å². The minimum absolute atomic E-state index is 0.0121. The van der Waals surface area contributed by atoms with Crippen LogP contribution >= 0.6 is 0 Å². The van der Waals surface area contributed by atoms with Gasteiger partial charge in [0.1, 0.15) is 0 Å². The van der Waals surface area contributed by atoms with E-state index in [1.54, 1.807) is 11.1 Å². The molecule has 0 saturated heterocycles. The fourth-order valence-corrected chi connectivity index (χ4v) is 2.76. The molecule has 3 heterocycles. The average molecular weight is 303 g/mol. The van der Waals surface area contributed by atoms with E-state index in [9.17, 15) is 4.79 Å². The monoisotopic (exact) mass is 303 g/mol. The maximum absolute atomic E-state index is 12.8. The third-order valence-electron chi connectivity index (χ3n) is 4.02. The van der Waals surface area contributed by atoms with Gasteiger partial charge in [-0.3, -0.25) is 9.48 Å². The normalized spacial score (nSPS) is 13.9. The van der Waals surface area contributed by atoms with Crippen molar-refractivity contribution in [1.82, 2.24) is 24.9 Å². The van der Waals surface area contributed by atoms with Crippen LogP contribution in [0.25, 0.3) is 0 Å². The van der Waals surface area contributed by atoms with Gasteiger partial charge in [0.25, 0.3) is 5.91 Å². The minimum Gasteiger partial charge on any atom is -0.423 e. The summed E-state index contributed by atoms with van der Waals surface area (Å²) in [5.41, 5.74) is 1.76. The second-order valence-corrected chi connectivity index (χ2v) is 5.45. The largest absolute Gasteiger partial charge is 0.423 e. The van der Waals surface area contributed by atoms with Crippen LogP contribution in [0.1, 0.15) is 54.5 Å². The number of aromatic nitrogens is 4. The molecule has 0 aromatic carbocycles. The Bertz CT molecular complexity index is 661. The highest BCUT2D eigenvalue weighted by molar-refractivity contribution is 5.95. The molecule has 2 aromatic heterocycles. The summed E-state index contributed by atoms with van der Waals surface area (Å²) in [5, 5.41) is 12.3. The standard InChI is InChI=1S/C15H21N5O2/c1-3-13-17-18-14(22-13)10-19(4-2)15(21)11-9-16-20-8-6-5-7-12(11)20/h9H,3-8,10H2,1-2H3. The molecule has 0 fully saturated rings. The number of hydrogen-bond acceptors (Lipinski definition) is 5. The third kappa shape index (κ3) is 2.75. The zero-order valence-corrected chi connectivity index (χ0v) is 13.1. The van der Waals surface area contributed by atoms with Crippen molar-refractivity contribution in [3.8, 4) is 0 Å². The molecule has 0 radical (unpaired) electrons. The fraction of sp³-hybridized carbons (Fsp3) is 0.600. The SMILES string of the molecule is CCc1nnc(CN(CC)C(=O)c2cnn3c2CCCC3)o1. The predicted molar refractivity (Wildman–Crippen MR) is 79.3 cm³/mol. The predicted octanol–water partition coefficient (Wildman–Crippen LogP) is 1.83. The van der Waals surface area contributed by atoms with Crippen molar-refractivity contribution in [3.05, 3.63) is 29.2 Å². The van der Waals surface area contributed by atoms with Crippen LogP contribution in [-0.2, 0) is 25.9 Å². The van der Waals surface area contributed by atoms with Gasteiger partial charge in [-0.1, -0.05) is 6.92 Å². The van der Waals surface area contributed by atoms with Gasteiger partial charge in [-0.15, -0.1) is 10.2 Å². The molecule has 7 heteroatoms. The van der Waals surface area contributed by atoms with E-state index in [0.717, 1.165) is 31.5 Å². The van der Waals surface area contributed by atoms with Crippen molar-refractivity contribution in [2.75, 3.05) is 6.54 Å². The third-order valence-corrected chi connectivity index (χ3v) is 4.02. The zero-order chi connectivity index (χ0) is 15.5. The van der Waals surface area contributed by atoms with E-state index in [1.165, 1.54) is 0 Å². The molecule has 7 nitrogen and oxygen atoms in total. The highest BCUT2D eigenvalue weighted by Crippen LogP contribution is 2.20. The summed E-state index contributed by atoms with van der Waals surface area (Å²) in [6.07, 6.45) is 5.54. The van der Waals surface area contributed by atoms with Gasteiger partial charge in [0.2, 0.25) is 11.8 Å². The Labute approximate surface area is 129 Å². The van der Waals surface area contributed by atoms with Crippen molar-refractivity contribution in [2.24, 2.45) is 0 Å². The quantitative estimate of drug-likeness (QED) is 0.842. The Morgan fingerprint density at radius 1 is 1.32 bits per heavy atom. The number of carbonyl (C=O) groups is 1. The van der Waals surface area contributed by atoms with E-state index in [1.807, 2.05) is 18.5 Å². The summed E-state index contributed by atoms with van der Waals surface area (Å²) < 4.78 is 7.46. The number of hydrogen-bond donors (Lipinski definition) is 0. The van der Waals surface area contributed by atoms with E-state index < -0.39 is 0 Å². The van der Waals surface area contributed by atoms with Gasteiger partial charge in [-0.2, -0.15) is 5.10 Å². The van der Waals surface area contributed by atoms with E-state index >= 15 is 0 Å². The first-order valence-corrected chi connectivity index (χ1v) is 7.88. The first-order chi connectivity index (χ1) is 10.7. The Kier molecular flexibility index (Phi) is 4.22. The van der Waals surface area contributed by atoms with Crippen LogP contribution in [0.2, 0.25) is 0 Å². The van der Waals surface area contributed by atoms with Crippen LogP contribution in [0, 0.1) is 0 Å². The zero-order valence-electron chi connectivity index (χ0n) is 13.1. The molecule has 2 aromatic rings. The maximum Gasteiger partial charge on any atom is 0.257 e. The van der Waals surface area contributed by atoms with Crippen molar-refractivity contribution in [1.29, 1.82) is 0 Å². The lowest BCUT2D eigenvalue weighted by Crippen LogP contribution is -2.31. The van der Waals surface area contributed by atoms with Gasteiger partial charge in [0, 0.05) is 19.5 Å². The summed E-state index contributed by atoms with van der Waals surface area (Å²) in [6, 6.07) is 0. The first-order valence-electron chi connectivity index (χ1n) is 7.88. The molecule has 3 rings (SSSR count). The molecule has 22 heavy (non-hydrogen) atoms. The van der Waals surface area contributed by atoms with Crippen LogP contribution in [-0.4, -0.2) is 37.3 Å². The number of rotatable bonds is 5. The average Bonchev–Trinajstić information content (AvgIpc) is 3.18. The van der Waals surface area contributed by atoms with Gasteiger partial charge < -0.3 is 9.32 Å². The van der Waals surface area contributed by atoms with Crippen molar-refractivity contribution in [2.45, 2.75) is 52.6 Å². The van der Waals surface area contributed by atoms with Gasteiger partial charge in [-0.25, -0.2) is 0 Å². The topological polar surface area (TPSA) is 77.1 Å². The molecule has 0 bridgehead atoms. The minimum atomic E-state index is -0.0121.